The monoisotopic (exact) mass is 295 g/mol. The lowest BCUT2D eigenvalue weighted by atomic mass is 10.1. The van der Waals surface area contributed by atoms with Crippen LogP contribution in [0.5, 0.6) is 0 Å². The van der Waals surface area contributed by atoms with Gasteiger partial charge in [-0.2, -0.15) is 11.8 Å². The van der Waals surface area contributed by atoms with Gasteiger partial charge < -0.3 is 10.4 Å². The smallest absolute Gasteiger partial charge is 0.229 e. The minimum absolute atomic E-state index is 0.111. The normalized spacial score (nSPS) is 12.1. The van der Waals surface area contributed by atoms with Gasteiger partial charge in [0.05, 0.1) is 5.75 Å². The van der Waals surface area contributed by atoms with Gasteiger partial charge in [-0.15, -0.1) is 0 Å². The lowest BCUT2D eigenvalue weighted by Crippen LogP contribution is -2.26. The average Bonchev–Trinajstić information content (AvgIpc) is 2.49. The van der Waals surface area contributed by atoms with Crippen LogP contribution in [0.3, 0.4) is 0 Å². The number of aliphatic hydroxyl groups is 1. The number of carbonyl (C=O) groups is 1. The molecule has 1 atom stereocenters. The molecule has 0 aliphatic carbocycles. The van der Waals surface area contributed by atoms with Gasteiger partial charge in [-0.25, -0.2) is 0 Å². The van der Waals surface area contributed by atoms with Gasteiger partial charge >= 0.3 is 0 Å². The van der Waals surface area contributed by atoms with Crippen molar-refractivity contribution in [1.82, 2.24) is 5.32 Å². The van der Waals surface area contributed by atoms with Gasteiger partial charge in [-0.1, -0.05) is 37.3 Å². The zero-order valence-electron chi connectivity index (χ0n) is 12.2. The van der Waals surface area contributed by atoms with E-state index in [1.165, 1.54) is 5.56 Å². The molecule has 112 valence electrons. The Balaban J connectivity index is 1.98. The second-order valence-electron chi connectivity index (χ2n) is 5.07. The Morgan fingerprint density at radius 2 is 2.10 bits per heavy atom. The maximum absolute atomic E-state index is 11.6. The van der Waals surface area contributed by atoms with Crippen molar-refractivity contribution in [3.8, 4) is 0 Å². The van der Waals surface area contributed by atoms with Crippen molar-refractivity contribution in [3.63, 3.8) is 0 Å². The standard InChI is InChI=1S/C16H25NO2S/c1-14(12-18)6-5-10-17-16(19)13-20-11-9-15-7-3-2-4-8-15/h2-4,7-8,14,18H,5-6,9-13H2,1H3,(H,17,19). The van der Waals surface area contributed by atoms with Crippen LogP contribution in [0.2, 0.25) is 0 Å². The molecule has 0 heterocycles. The summed E-state index contributed by atoms with van der Waals surface area (Å²) in [5, 5.41) is 11.8. The fourth-order valence-electron chi connectivity index (χ4n) is 1.82. The highest BCUT2D eigenvalue weighted by Gasteiger charge is 2.03. The van der Waals surface area contributed by atoms with Crippen LogP contribution in [0, 0.1) is 5.92 Å². The van der Waals surface area contributed by atoms with E-state index in [0.29, 0.717) is 18.2 Å². The first kappa shape index (κ1) is 17.1. The highest BCUT2D eigenvalue weighted by atomic mass is 32.2. The number of nitrogens with one attached hydrogen (secondary N) is 1. The van der Waals surface area contributed by atoms with E-state index < -0.39 is 0 Å². The minimum Gasteiger partial charge on any atom is -0.396 e. The predicted molar refractivity (Wildman–Crippen MR) is 86.0 cm³/mol. The number of amides is 1. The molecule has 0 saturated carbocycles. The van der Waals surface area contributed by atoms with Gasteiger partial charge in [0.15, 0.2) is 0 Å². The summed E-state index contributed by atoms with van der Waals surface area (Å²) >= 11 is 1.67. The molecule has 1 aromatic carbocycles. The second-order valence-corrected chi connectivity index (χ2v) is 6.17. The molecule has 20 heavy (non-hydrogen) atoms. The van der Waals surface area contributed by atoms with Crippen LogP contribution in [-0.2, 0) is 11.2 Å². The molecule has 0 fully saturated rings. The molecule has 0 spiro atoms. The van der Waals surface area contributed by atoms with E-state index in [9.17, 15) is 4.79 Å². The first-order valence-electron chi connectivity index (χ1n) is 7.21. The van der Waals surface area contributed by atoms with Gasteiger partial charge in [-0.05, 0) is 36.5 Å². The Kier molecular flexibility index (Phi) is 9.16. The van der Waals surface area contributed by atoms with Gasteiger partial charge in [0, 0.05) is 13.2 Å². The van der Waals surface area contributed by atoms with E-state index in [1.54, 1.807) is 11.8 Å². The molecule has 0 radical (unpaired) electrons. The SMILES string of the molecule is CC(CO)CCCNC(=O)CSCCc1ccccc1. The first-order chi connectivity index (χ1) is 9.72. The Bertz CT molecular complexity index is 370. The maximum Gasteiger partial charge on any atom is 0.229 e. The third kappa shape index (κ3) is 8.23. The largest absolute Gasteiger partial charge is 0.396 e. The number of benzene rings is 1. The zero-order chi connectivity index (χ0) is 14.6. The number of carbonyl (C=O) groups excluding carboxylic acids is 1. The van der Waals surface area contributed by atoms with E-state index in [0.717, 1.165) is 25.0 Å². The molecule has 0 bridgehead atoms. The lowest BCUT2D eigenvalue weighted by Gasteiger charge is -2.08. The molecule has 0 saturated heterocycles. The van der Waals surface area contributed by atoms with Gasteiger partial charge in [0.2, 0.25) is 5.91 Å². The molecule has 1 rings (SSSR count). The Labute approximate surface area is 126 Å². The Hall–Kier alpha value is -1.00. The number of hydrogen-bond acceptors (Lipinski definition) is 3. The zero-order valence-corrected chi connectivity index (χ0v) is 13.0. The van der Waals surface area contributed by atoms with Crippen molar-refractivity contribution in [2.75, 3.05) is 24.7 Å². The first-order valence-corrected chi connectivity index (χ1v) is 8.37. The van der Waals surface area contributed by atoms with Crippen molar-refractivity contribution in [2.45, 2.75) is 26.2 Å². The average molecular weight is 295 g/mol. The van der Waals surface area contributed by atoms with Crippen LogP contribution in [0.1, 0.15) is 25.3 Å². The van der Waals surface area contributed by atoms with Crippen molar-refractivity contribution >= 4 is 17.7 Å². The van der Waals surface area contributed by atoms with E-state index in [-0.39, 0.29) is 12.5 Å². The van der Waals surface area contributed by atoms with E-state index in [1.807, 2.05) is 25.1 Å². The highest BCUT2D eigenvalue weighted by Crippen LogP contribution is 2.07. The predicted octanol–water partition coefficient (Wildman–Crippen LogP) is 2.49. The van der Waals surface area contributed by atoms with E-state index >= 15 is 0 Å². The third-order valence-corrected chi connectivity index (χ3v) is 4.08. The fourth-order valence-corrected chi connectivity index (χ4v) is 2.63. The van der Waals surface area contributed by atoms with Crippen molar-refractivity contribution < 1.29 is 9.90 Å². The van der Waals surface area contributed by atoms with Crippen LogP contribution in [0.15, 0.2) is 30.3 Å². The minimum atomic E-state index is 0.111. The number of aryl methyl sites for hydroxylation is 1. The molecule has 0 aliphatic rings. The topological polar surface area (TPSA) is 49.3 Å². The quantitative estimate of drug-likeness (QED) is 0.652. The number of hydrogen-bond donors (Lipinski definition) is 2. The molecule has 4 heteroatoms. The van der Waals surface area contributed by atoms with Crippen LogP contribution in [0.25, 0.3) is 0 Å². The summed E-state index contributed by atoms with van der Waals surface area (Å²) < 4.78 is 0. The molecular formula is C16H25NO2S. The molecule has 1 amide bonds. The number of aliphatic hydroxyl groups excluding tert-OH is 1. The summed E-state index contributed by atoms with van der Waals surface area (Å²) in [7, 11) is 0. The summed E-state index contributed by atoms with van der Waals surface area (Å²) in [6.07, 6.45) is 2.90. The Morgan fingerprint density at radius 3 is 2.80 bits per heavy atom. The molecule has 1 aromatic rings. The molecule has 3 nitrogen and oxygen atoms in total. The maximum atomic E-state index is 11.6. The lowest BCUT2D eigenvalue weighted by molar-refractivity contribution is -0.118. The van der Waals surface area contributed by atoms with Crippen LogP contribution >= 0.6 is 11.8 Å². The van der Waals surface area contributed by atoms with Crippen molar-refractivity contribution in [3.05, 3.63) is 35.9 Å². The molecule has 2 N–H and O–H groups in total. The van der Waals surface area contributed by atoms with Gasteiger partial charge in [0.1, 0.15) is 0 Å². The summed E-state index contributed by atoms with van der Waals surface area (Å²) in [5.41, 5.74) is 1.32. The van der Waals surface area contributed by atoms with Crippen molar-refractivity contribution in [2.24, 2.45) is 5.92 Å². The van der Waals surface area contributed by atoms with Gasteiger partial charge in [0.25, 0.3) is 0 Å². The summed E-state index contributed by atoms with van der Waals surface area (Å²) in [5.74, 6) is 1.94. The Morgan fingerprint density at radius 1 is 1.35 bits per heavy atom. The molecule has 1 unspecified atom stereocenters. The number of rotatable bonds is 10. The summed E-state index contributed by atoms with van der Waals surface area (Å²) in [6, 6.07) is 10.3. The molecule has 0 aliphatic heterocycles. The molecule has 0 aromatic heterocycles. The fraction of sp³-hybridized carbons (Fsp3) is 0.562. The van der Waals surface area contributed by atoms with Crippen LogP contribution in [-0.4, -0.2) is 35.7 Å². The van der Waals surface area contributed by atoms with E-state index in [4.69, 9.17) is 5.11 Å². The summed E-state index contributed by atoms with van der Waals surface area (Å²) in [4.78, 5) is 11.6. The highest BCUT2D eigenvalue weighted by molar-refractivity contribution is 7.99. The van der Waals surface area contributed by atoms with Gasteiger partial charge in [-0.3, -0.25) is 4.79 Å². The number of thioether (sulfide) groups is 1. The van der Waals surface area contributed by atoms with Crippen molar-refractivity contribution in [1.29, 1.82) is 0 Å². The van der Waals surface area contributed by atoms with Crippen LogP contribution in [0.4, 0.5) is 0 Å². The van der Waals surface area contributed by atoms with Crippen LogP contribution < -0.4 is 5.32 Å². The third-order valence-electron chi connectivity index (χ3n) is 3.12. The second kappa shape index (κ2) is 10.7. The summed E-state index contributed by atoms with van der Waals surface area (Å²) in [6.45, 7) is 2.95. The van der Waals surface area contributed by atoms with E-state index in [2.05, 4.69) is 17.4 Å². The molecular weight excluding hydrogens is 270 g/mol.